The van der Waals surface area contributed by atoms with Crippen molar-refractivity contribution < 1.29 is 42.1 Å². The van der Waals surface area contributed by atoms with Crippen LogP contribution in [0.25, 0.3) is 10.2 Å². The van der Waals surface area contributed by atoms with Crippen molar-refractivity contribution in [1.29, 1.82) is 0 Å². The van der Waals surface area contributed by atoms with E-state index in [2.05, 4.69) is 20.4 Å². The van der Waals surface area contributed by atoms with Gasteiger partial charge in [-0.3, -0.25) is 9.59 Å². The molecule has 3 amide bonds. The van der Waals surface area contributed by atoms with Crippen LogP contribution in [-0.4, -0.2) is 71.6 Å². The number of amides is 3. The van der Waals surface area contributed by atoms with E-state index < -0.39 is 42.7 Å². The molecular formula is C18H19F3N4O6S. The van der Waals surface area contributed by atoms with Crippen molar-refractivity contribution in [2.75, 3.05) is 25.5 Å². The van der Waals surface area contributed by atoms with E-state index in [1.165, 1.54) is 13.1 Å². The second-order valence-electron chi connectivity index (χ2n) is 6.89. The summed E-state index contributed by atoms with van der Waals surface area (Å²) in [6, 6.07) is 3.22. The molecule has 32 heavy (non-hydrogen) atoms. The van der Waals surface area contributed by atoms with Gasteiger partial charge in [0.15, 0.2) is 5.13 Å². The molecule has 10 nitrogen and oxygen atoms in total. The number of carbonyl (C=O) groups excluding carboxylic acids is 2. The van der Waals surface area contributed by atoms with Crippen molar-refractivity contribution in [3.63, 3.8) is 0 Å². The van der Waals surface area contributed by atoms with E-state index >= 15 is 0 Å². The van der Waals surface area contributed by atoms with Crippen LogP contribution >= 0.6 is 11.3 Å². The van der Waals surface area contributed by atoms with Crippen LogP contribution in [-0.2, 0) is 14.3 Å². The molecule has 1 saturated heterocycles. The molecule has 1 aromatic heterocycles. The van der Waals surface area contributed by atoms with Gasteiger partial charge in [0.25, 0.3) is 0 Å². The second-order valence-corrected chi connectivity index (χ2v) is 7.92. The van der Waals surface area contributed by atoms with Gasteiger partial charge in [0.05, 0.1) is 16.8 Å². The fraction of sp³-hybridized carbons (Fsp3) is 0.444. The van der Waals surface area contributed by atoms with Crippen LogP contribution in [0.5, 0.6) is 5.75 Å². The molecule has 2 aromatic rings. The van der Waals surface area contributed by atoms with Gasteiger partial charge in [-0.2, -0.15) is 0 Å². The maximum absolute atomic E-state index is 12.3. The predicted molar refractivity (Wildman–Crippen MR) is 106 cm³/mol. The summed E-state index contributed by atoms with van der Waals surface area (Å²) in [6.07, 6.45) is -6.20. The molecule has 0 radical (unpaired) electrons. The van der Waals surface area contributed by atoms with Crippen molar-refractivity contribution >= 4 is 44.6 Å². The normalized spacial score (nSPS) is 18.8. The number of carboxylic acid groups (broad SMARTS) is 1. The van der Waals surface area contributed by atoms with Crippen LogP contribution < -0.4 is 15.4 Å². The van der Waals surface area contributed by atoms with E-state index in [9.17, 15) is 27.6 Å². The first-order valence-corrected chi connectivity index (χ1v) is 10.1. The van der Waals surface area contributed by atoms with Crippen LogP contribution in [0.4, 0.5) is 23.1 Å². The van der Waals surface area contributed by atoms with Crippen LogP contribution in [0.2, 0.25) is 0 Å². The average Bonchev–Trinajstić information content (AvgIpc) is 3.11. The van der Waals surface area contributed by atoms with Crippen LogP contribution in [0.15, 0.2) is 18.2 Å². The number of ether oxygens (including phenoxy) is 2. The van der Waals surface area contributed by atoms with E-state index in [1.807, 2.05) is 0 Å². The first kappa shape index (κ1) is 23.5. The average molecular weight is 476 g/mol. The fourth-order valence-corrected chi connectivity index (χ4v) is 3.98. The Kier molecular flexibility index (Phi) is 7.03. The number of halogens is 3. The molecule has 0 saturated carbocycles. The number of thiazole rings is 1. The number of carbonyl (C=O) groups is 3. The zero-order chi connectivity index (χ0) is 23.5. The van der Waals surface area contributed by atoms with Gasteiger partial charge in [-0.1, -0.05) is 11.3 Å². The number of nitrogens with zero attached hydrogens (tertiary/aromatic N) is 2. The molecule has 0 aliphatic carbocycles. The zero-order valence-electron chi connectivity index (χ0n) is 16.6. The lowest BCUT2D eigenvalue weighted by Gasteiger charge is -2.33. The molecular weight excluding hydrogens is 457 g/mol. The molecule has 14 heteroatoms. The highest BCUT2D eigenvalue weighted by Crippen LogP contribution is 2.31. The highest BCUT2D eigenvalue weighted by Gasteiger charge is 2.32. The number of anilines is 1. The maximum Gasteiger partial charge on any atom is 0.573 e. The third-order valence-electron chi connectivity index (χ3n) is 4.66. The Morgan fingerprint density at radius 1 is 1.38 bits per heavy atom. The van der Waals surface area contributed by atoms with Gasteiger partial charge in [0, 0.05) is 32.2 Å². The summed E-state index contributed by atoms with van der Waals surface area (Å²) in [4.78, 5) is 40.7. The molecule has 1 fully saturated rings. The predicted octanol–water partition coefficient (Wildman–Crippen LogP) is 2.41. The molecule has 2 unspecified atom stereocenters. The summed E-state index contributed by atoms with van der Waals surface area (Å²) >= 11 is 0.945. The van der Waals surface area contributed by atoms with E-state index in [0.717, 1.165) is 28.4 Å². The Morgan fingerprint density at radius 3 is 2.81 bits per heavy atom. The lowest BCUT2D eigenvalue weighted by atomic mass is 10.0. The SMILES string of the molecule is CN(C(=O)O)C1CCOC(C(=O)NCC(=O)Nc2nc3ccc(OC(F)(F)F)cc3s2)C1. The molecule has 0 bridgehead atoms. The van der Waals surface area contributed by atoms with Crippen LogP contribution in [0, 0.1) is 0 Å². The van der Waals surface area contributed by atoms with Crippen molar-refractivity contribution in [2.45, 2.75) is 31.3 Å². The Balaban J connectivity index is 1.52. The maximum atomic E-state index is 12.3. The second kappa shape index (κ2) is 9.56. The molecule has 1 aliphatic heterocycles. The molecule has 1 aromatic carbocycles. The summed E-state index contributed by atoms with van der Waals surface area (Å²) in [7, 11) is 1.41. The first-order valence-electron chi connectivity index (χ1n) is 9.33. The summed E-state index contributed by atoms with van der Waals surface area (Å²) in [5.41, 5.74) is 0.369. The minimum Gasteiger partial charge on any atom is -0.465 e. The Bertz CT molecular complexity index is 1010. The number of hydrogen-bond donors (Lipinski definition) is 3. The fourth-order valence-electron chi connectivity index (χ4n) is 3.07. The third kappa shape index (κ3) is 6.20. The molecule has 3 N–H and O–H groups in total. The van der Waals surface area contributed by atoms with Crippen molar-refractivity contribution in [2.24, 2.45) is 0 Å². The van der Waals surface area contributed by atoms with E-state index in [1.54, 1.807) is 0 Å². The highest BCUT2D eigenvalue weighted by molar-refractivity contribution is 7.22. The summed E-state index contributed by atoms with van der Waals surface area (Å²) in [5.74, 6) is -1.56. The Morgan fingerprint density at radius 2 is 2.12 bits per heavy atom. The van der Waals surface area contributed by atoms with Crippen molar-refractivity contribution in [3.8, 4) is 5.75 Å². The molecule has 2 heterocycles. The third-order valence-corrected chi connectivity index (χ3v) is 5.59. The zero-order valence-corrected chi connectivity index (χ0v) is 17.5. The lowest BCUT2D eigenvalue weighted by molar-refractivity contribution is -0.274. The summed E-state index contributed by atoms with van der Waals surface area (Å²) in [6.45, 7) is -0.186. The molecule has 3 rings (SSSR count). The molecule has 174 valence electrons. The standard InChI is InChI=1S/C18H19F3N4O6S/c1-25(17(28)29)9-4-5-30-12(6-9)15(27)22-8-14(26)24-16-23-11-3-2-10(7-13(11)32-16)31-18(19,20)21/h2-3,7,9,12H,4-6,8H2,1H3,(H,22,27)(H,28,29)(H,23,24,26). The highest BCUT2D eigenvalue weighted by atomic mass is 32.1. The summed E-state index contributed by atoms with van der Waals surface area (Å²) in [5, 5.41) is 14.1. The summed E-state index contributed by atoms with van der Waals surface area (Å²) < 4.78 is 46.6. The minimum absolute atomic E-state index is 0.139. The van der Waals surface area contributed by atoms with Crippen molar-refractivity contribution in [1.82, 2.24) is 15.2 Å². The van der Waals surface area contributed by atoms with E-state index in [4.69, 9.17) is 9.84 Å². The Hall–Kier alpha value is -3.13. The largest absolute Gasteiger partial charge is 0.573 e. The van der Waals surface area contributed by atoms with Gasteiger partial charge < -0.3 is 30.1 Å². The Labute approximate surface area is 183 Å². The van der Waals surface area contributed by atoms with Crippen molar-refractivity contribution in [3.05, 3.63) is 18.2 Å². The minimum atomic E-state index is -4.82. The van der Waals surface area contributed by atoms with Gasteiger partial charge in [-0.15, -0.1) is 13.2 Å². The first-order chi connectivity index (χ1) is 15.0. The van der Waals surface area contributed by atoms with Gasteiger partial charge in [0.1, 0.15) is 11.9 Å². The van der Waals surface area contributed by atoms with Gasteiger partial charge in [-0.25, -0.2) is 9.78 Å². The number of nitrogens with one attached hydrogen (secondary N) is 2. The van der Waals surface area contributed by atoms with Gasteiger partial charge in [-0.05, 0) is 18.6 Å². The molecule has 2 atom stereocenters. The van der Waals surface area contributed by atoms with Crippen LogP contribution in [0.1, 0.15) is 12.8 Å². The lowest BCUT2D eigenvalue weighted by Crippen LogP contribution is -2.48. The number of rotatable bonds is 6. The van der Waals surface area contributed by atoms with Gasteiger partial charge >= 0.3 is 12.5 Å². The smallest absolute Gasteiger partial charge is 0.465 e. The van der Waals surface area contributed by atoms with Gasteiger partial charge in [0.2, 0.25) is 11.8 Å². The number of fused-ring (bicyclic) bond motifs is 1. The monoisotopic (exact) mass is 476 g/mol. The quantitative estimate of drug-likeness (QED) is 0.584. The number of benzene rings is 1. The van der Waals surface area contributed by atoms with E-state index in [0.29, 0.717) is 16.6 Å². The molecule has 0 spiro atoms. The van der Waals surface area contributed by atoms with Crippen LogP contribution in [0.3, 0.4) is 0 Å². The molecule has 1 aliphatic rings. The number of aromatic nitrogens is 1. The number of hydrogen-bond acceptors (Lipinski definition) is 7. The topological polar surface area (TPSA) is 130 Å². The van der Waals surface area contributed by atoms with E-state index in [-0.39, 0.29) is 24.2 Å². The number of alkyl halides is 3.